The standard InChI is InChI=1S/C19H26N4O/c1-5-13(2)20-19-21-14(3)10-18(22-19)23-9-8-15-11-17(24-4)7-6-16(15)12-23/h6-7,10-11,13H,5,8-9,12H2,1-4H3,(H,20,21,22)/t13-/m0/s1. The Bertz CT molecular complexity index is 717. The number of benzene rings is 1. The fourth-order valence-electron chi connectivity index (χ4n) is 2.95. The minimum Gasteiger partial charge on any atom is -0.497 e. The second kappa shape index (κ2) is 7.07. The van der Waals surface area contributed by atoms with Crippen molar-refractivity contribution >= 4 is 11.8 Å². The quantitative estimate of drug-likeness (QED) is 0.910. The number of nitrogens with zero attached hydrogens (tertiary/aromatic N) is 3. The van der Waals surface area contributed by atoms with Gasteiger partial charge in [0.05, 0.1) is 7.11 Å². The molecule has 1 aromatic heterocycles. The average molecular weight is 326 g/mol. The maximum atomic E-state index is 5.33. The van der Waals surface area contributed by atoms with Crippen molar-refractivity contribution in [2.24, 2.45) is 0 Å². The lowest BCUT2D eigenvalue weighted by molar-refractivity contribution is 0.413. The second-order valence-electron chi connectivity index (χ2n) is 6.45. The van der Waals surface area contributed by atoms with E-state index < -0.39 is 0 Å². The molecule has 0 aliphatic carbocycles. The van der Waals surface area contributed by atoms with Crippen molar-refractivity contribution in [2.45, 2.75) is 46.2 Å². The number of nitrogens with one attached hydrogen (secondary N) is 1. The highest BCUT2D eigenvalue weighted by atomic mass is 16.5. The molecule has 0 radical (unpaired) electrons. The van der Waals surface area contributed by atoms with Crippen LogP contribution in [-0.4, -0.2) is 29.7 Å². The van der Waals surface area contributed by atoms with E-state index >= 15 is 0 Å². The second-order valence-corrected chi connectivity index (χ2v) is 6.45. The maximum absolute atomic E-state index is 5.33. The molecule has 24 heavy (non-hydrogen) atoms. The molecule has 2 heterocycles. The number of ether oxygens (including phenoxy) is 1. The number of aryl methyl sites for hydroxylation is 1. The zero-order valence-corrected chi connectivity index (χ0v) is 15.0. The summed E-state index contributed by atoms with van der Waals surface area (Å²) in [4.78, 5) is 11.6. The van der Waals surface area contributed by atoms with Gasteiger partial charge in [0.2, 0.25) is 5.95 Å². The molecule has 1 atom stereocenters. The van der Waals surface area contributed by atoms with Crippen LogP contribution in [0.25, 0.3) is 0 Å². The predicted octanol–water partition coefficient (Wildman–Crippen LogP) is 3.57. The minimum absolute atomic E-state index is 0.370. The Balaban J connectivity index is 1.82. The summed E-state index contributed by atoms with van der Waals surface area (Å²) in [7, 11) is 1.71. The number of hydrogen-bond acceptors (Lipinski definition) is 5. The monoisotopic (exact) mass is 326 g/mol. The third-order valence-corrected chi connectivity index (χ3v) is 4.58. The van der Waals surface area contributed by atoms with Gasteiger partial charge in [-0.2, -0.15) is 4.98 Å². The zero-order chi connectivity index (χ0) is 17.1. The molecule has 1 aromatic carbocycles. The zero-order valence-electron chi connectivity index (χ0n) is 15.0. The number of fused-ring (bicyclic) bond motifs is 1. The summed E-state index contributed by atoms with van der Waals surface area (Å²) < 4.78 is 5.33. The Hall–Kier alpha value is -2.30. The largest absolute Gasteiger partial charge is 0.497 e. The van der Waals surface area contributed by atoms with Crippen LogP contribution in [0.3, 0.4) is 0 Å². The molecule has 5 nitrogen and oxygen atoms in total. The molecule has 1 aliphatic heterocycles. The molecular formula is C19H26N4O. The van der Waals surface area contributed by atoms with Gasteiger partial charge in [-0.15, -0.1) is 0 Å². The molecule has 1 aliphatic rings. The van der Waals surface area contributed by atoms with Crippen LogP contribution >= 0.6 is 0 Å². The smallest absolute Gasteiger partial charge is 0.225 e. The summed E-state index contributed by atoms with van der Waals surface area (Å²) in [5.41, 5.74) is 3.70. The fourth-order valence-corrected chi connectivity index (χ4v) is 2.95. The molecule has 0 bridgehead atoms. The van der Waals surface area contributed by atoms with E-state index in [4.69, 9.17) is 9.72 Å². The van der Waals surface area contributed by atoms with Crippen molar-refractivity contribution in [3.05, 3.63) is 41.1 Å². The molecule has 0 unspecified atom stereocenters. The molecule has 0 fully saturated rings. The molecule has 5 heteroatoms. The molecule has 128 valence electrons. The molecule has 2 aromatic rings. The highest BCUT2D eigenvalue weighted by Crippen LogP contribution is 2.27. The Kier molecular flexibility index (Phi) is 4.88. The third kappa shape index (κ3) is 3.61. The first-order valence-electron chi connectivity index (χ1n) is 8.62. The van der Waals surface area contributed by atoms with Gasteiger partial charge in [0.15, 0.2) is 0 Å². The fraction of sp³-hybridized carbons (Fsp3) is 0.474. The first kappa shape index (κ1) is 16.6. The lowest BCUT2D eigenvalue weighted by atomic mass is 9.99. The Morgan fingerprint density at radius 1 is 1.25 bits per heavy atom. The van der Waals surface area contributed by atoms with Crippen molar-refractivity contribution < 1.29 is 4.74 Å². The van der Waals surface area contributed by atoms with Crippen LogP contribution < -0.4 is 15.0 Å². The summed E-state index contributed by atoms with van der Waals surface area (Å²) >= 11 is 0. The van der Waals surface area contributed by atoms with Crippen molar-refractivity contribution in [2.75, 3.05) is 23.9 Å². The van der Waals surface area contributed by atoms with Crippen molar-refractivity contribution in [1.82, 2.24) is 9.97 Å². The van der Waals surface area contributed by atoms with E-state index in [1.807, 2.05) is 13.0 Å². The summed E-state index contributed by atoms with van der Waals surface area (Å²) in [5, 5.41) is 3.38. The predicted molar refractivity (Wildman–Crippen MR) is 97.9 cm³/mol. The van der Waals surface area contributed by atoms with E-state index in [1.165, 1.54) is 11.1 Å². The number of aromatic nitrogens is 2. The molecule has 0 saturated carbocycles. The molecule has 3 rings (SSSR count). The van der Waals surface area contributed by atoms with E-state index in [2.05, 4.69) is 47.2 Å². The van der Waals surface area contributed by atoms with E-state index in [1.54, 1.807) is 7.11 Å². The summed E-state index contributed by atoms with van der Waals surface area (Å²) in [6.07, 6.45) is 2.05. The Labute approximate surface area is 144 Å². The van der Waals surface area contributed by atoms with Crippen LogP contribution in [0.1, 0.15) is 37.1 Å². The van der Waals surface area contributed by atoms with Gasteiger partial charge in [0.1, 0.15) is 11.6 Å². The maximum Gasteiger partial charge on any atom is 0.225 e. The first-order chi connectivity index (χ1) is 11.6. The lowest BCUT2D eigenvalue weighted by Crippen LogP contribution is -2.31. The van der Waals surface area contributed by atoms with E-state index in [0.29, 0.717) is 6.04 Å². The van der Waals surface area contributed by atoms with E-state index in [-0.39, 0.29) is 0 Å². The van der Waals surface area contributed by atoms with Crippen molar-refractivity contribution in [1.29, 1.82) is 0 Å². The third-order valence-electron chi connectivity index (χ3n) is 4.58. The van der Waals surface area contributed by atoms with Crippen LogP contribution in [0, 0.1) is 6.92 Å². The summed E-state index contributed by atoms with van der Waals surface area (Å²) in [6.45, 7) is 8.16. The molecular weight excluding hydrogens is 300 g/mol. The Morgan fingerprint density at radius 2 is 2.08 bits per heavy atom. The van der Waals surface area contributed by atoms with Gasteiger partial charge in [0, 0.05) is 30.9 Å². The van der Waals surface area contributed by atoms with Gasteiger partial charge in [-0.1, -0.05) is 13.0 Å². The van der Waals surface area contributed by atoms with E-state index in [0.717, 1.165) is 49.1 Å². The topological polar surface area (TPSA) is 50.3 Å². The van der Waals surface area contributed by atoms with Crippen LogP contribution in [-0.2, 0) is 13.0 Å². The summed E-state index contributed by atoms with van der Waals surface area (Å²) in [5.74, 6) is 2.65. The van der Waals surface area contributed by atoms with Gasteiger partial charge in [-0.25, -0.2) is 4.98 Å². The molecule has 1 N–H and O–H groups in total. The van der Waals surface area contributed by atoms with Crippen molar-refractivity contribution in [3.8, 4) is 5.75 Å². The van der Waals surface area contributed by atoms with Crippen LogP contribution in [0.15, 0.2) is 24.3 Å². The number of rotatable bonds is 5. The van der Waals surface area contributed by atoms with Crippen molar-refractivity contribution in [3.63, 3.8) is 0 Å². The number of anilines is 2. The minimum atomic E-state index is 0.370. The van der Waals surface area contributed by atoms with Gasteiger partial charge >= 0.3 is 0 Å². The normalized spacial score (nSPS) is 14.9. The van der Waals surface area contributed by atoms with Gasteiger partial charge in [-0.05, 0) is 49.9 Å². The number of methoxy groups -OCH3 is 1. The average Bonchev–Trinajstić information content (AvgIpc) is 2.60. The van der Waals surface area contributed by atoms with Gasteiger partial charge in [0.25, 0.3) is 0 Å². The highest BCUT2D eigenvalue weighted by molar-refractivity contribution is 5.49. The first-order valence-corrected chi connectivity index (χ1v) is 8.62. The molecule has 0 amide bonds. The Morgan fingerprint density at radius 3 is 2.83 bits per heavy atom. The molecule has 0 spiro atoms. The summed E-state index contributed by atoms with van der Waals surface area (Å²) in [6, 6.07) is 8.77. The van der Waals surface area contributed by atoms with Gasteiger partial charge in [-0.3, -0.25) is 0 Å². The van der Waals surface area contributed by atoms with E-state index in [9.17, 15) is 0 Å². The van der Waals surface area contributed by atoms with Crippen LogP contribution in [0.5, 0.6) is 5.75 Å². The lowest BCUT2D eigenvalue weighted by Gasteiger charge is -2.30. The molecule has 0 saturated heterocycles. The van der Waals surface area contributed by atoms with Crippen LogP contribution in [0.4, 0.5) is 11.8 Å². The highest BCUT2D eigenvalue weighted by Gasteiger charge is 2.19. The van der Waals surface area contributed by atoms with Crippen LogP contribution in [0.2, 0.25) is 0 Å². The van der Waals surface area contributed by atoms with Gasteiger partial charge < -0.3 is 15.0 Å². The number of hydrogen-bond donors (Lipinski definition) is 1. The SMILES string of the molecule is CC[C@H](C)Nc1nc(C)cc(N2CCc3cc(OC)ccc3C2)n1.